The van der Waals surface area contributed by atoms with Crippen LogP contribution < -0.4 is 20.5 Å². The van der Waals surface area contributed by atoms with E-state index in [-0.39, 0.29) is 18.0 Å². The quantitative estimate of drug-likeness (QED) is 0.377. The summed E-state index contributed by atoms with van der Waals surface area (Å²) in [6.45, 7) is 1.25. The molecule has 0 radical (unpaired) electrons. The molecular weight excluding hydrogens is 510 g/mol. The highest BCUT2D eigenvalue weighted by atomic mass is 32.2. The van der Waals surface area contributed by atoms with E-state index in [0.29, 0.717) is 0 Å². The number of nitrogens with two attached hydrogens (primary N) is 1. The number of hydrogen-bond acceptors (Lipinski definition) is 8. The smallest absolute Gasteiger partial charge is 0.438 e. The summed E-state index contributed by atoms with van der Waals surface area (Å²) in [6, 6.07) is 8.83. The lowest BCUT2D eigenvalue weighted by Crippen LogP contribution is -2.31. The maximum atomic E-state index is 13.7. The van der Waals surface area contributed by atoms with E-state index in [4.69, 9.17) is 10.5 Å². The Kier molecular flexibility index (Phi) is 7.69. The largest absolute Gasteiger partial charge is 0.573 e. The number of nitrogen functional groups attached to an aromatic ring is 1. The van der Waals surface area contributed by atoms with Gasteiger partial charge in [-0.1, -0.05) is 6.07 Å². The fourth-order valence-corrected chi connectivity index (χ4v) is 4.20. The van der Waals surface area contributed by atoms with E-state index in [2.05, 4.69) is 15.0 Å². The van der Waals surface area contributed by atoms with E-state index in [1.54, 1.807) is 0 Å². The number of halogens is 4. The minimum atomic E-state index is -4.98. The third kappa shape index (κ3) is 6.60. The zero-order valence-corrected chi connectivity index (χ0v) is 19.2. The summed E-state index contributed by atoms with van der Waals surface area (Å²) in [5.74, 6) is -3.02. The van der Waals surface area contributed by atoms with Gasteiger partial charge in [-0.3, -0.25) is 4.79 Å². The minimum absolute atomic E-state index is 0.159. The van der Waals surface area contributed by atoms with Crippen LogP contribution >= 0.6 is 0 Å². The Labute approximate surface area is 202 Å². The van der Waals surface area contributed by atoms with E-state index in [1.807, 2.05) is 0 Å². The molecule has 0 saturated carbocycles. The number of ether oxygens (including phenoxy) is 2. The Balaban J connectivity index is 2.08. The van der Waals surface area contributed by atoms with Gasteiger partial charge in [-0.05, 0) is 49.4 Å². The molecule has 0 aliphatic carbocycles. The summed E-state index contributed by atoms with van der Waals surface area (Å²) in [6.07, 6.45) is -5.88. The van der Waals surface area contributed by atoms with Crippen LogP contribution in [-0.2, 0) is 9.84 Å². The molecule has 0 fully saturated rings. The first kappa shape index (κ1) is 26.7. The molecule has 0 bridgehead atoms. The van der Waals surface area contributed by atoms with E-state index >= 15 is 0 Å². The number of hydrogen-bond donors (Lipinski definition) is 3. The Morgan fingerprint density at radius 1 is 1.14 bits per heavy atom. The van der Waals surface area contributed by atoms with Crippen molar-refractivity contribution in [1.29, 1.82) is 0 Å². The number of amides is 1. The number of nitrogens with zero attached hydrogens (tertiary/aromatic N) is 1. The molecule has 0 unspecified atom stereocenters. The van der Waals surface area contributed by atoms with Crippen LogP contribution in [-0.4, -0.2) is 43.4 Å². The van der Waals surface area contributed by atoms with Crippen molar-refractivity contribution < 1.29 is 45.4 Å². The highest BCUT2D eigenvalue weighted by Crippen LogP contribution is 2.35. The number of aliphatic hydroxyl groups is 1. The molecule has 0 saturated heterocycles. The molecule has 192 valence electrons. The Hall–Kier alpha value is -3.91. The van der Waals surface area contributed by atoms with Crippen LogP contribution in [0.5, 0.6) is 17.4 Å². The second-order valence-corrected chi connectivity index (χ2v) is 9.29. The first-order valence-corrected chi connectivity index (χ1v) is 11.6. The molecule has 1 heterocycles. The standard InChI is InChI=1S/C22H19F4N3O6S/c1-12(30)11-28-20(31)19-17(27)10-18(21(29-19)34-15-4-2-3-13(23)9-15)36(32,33)16-7-5-14(6-8-16)35-22(24,25)26/h2-10,12,30H,11,27H2,1H3,(H,28,31)/t12-/m0/s1. The molecule has 36 heavy (non-hydrogen) atoms. The number of sulfone groups is 1. The Bertz CT molecular complexity index is 1360. The van der Waals surface area contributed by atoms with Crippen molar-refractivity contribution in [1.82, 2.24) is 10.3 Å². The van der Waals surface area contributed by atoms with Gasteiger partial charge in [-0.15, -0.1) is 13.2 Å². The number of aliphatic hydroxyl groups excluding tert-OH is 1. The van der Waals surface area contributed by atoms with E-state index in [0.717, 1.165) is 42.5 Å². The van der Waals surface area contributed by atoms with Gasteiger partial charge in [-0.2, -0.15) is 0 Å². The normalized spacial score (nSPS) is 12.6. The van der Waals surface area contributed by atoms with Gasteiger partial charge >= 0.3 is 6.36 Å². The summed E-state index contributed by atoms with van der Waals surface area (Å²) in [5, 5.41) is 11.7. The van der Waals surface area contributed by atoms with Gasteiger partial charge in [0.1, 0.15) is 22.2 Å². The van der Waals surface area contributed by atoms with Crippen LogP contribution in [0.2, 0.25) is 0 Å². The molecule has 9 nitrogen and oxygen atoms in total. The maximum absolute atomic E-state index is 13.7. The molecule has 4 N–H and O–H groups in total. The number of carbonyl (C=O) groups excluding carboxylic acids is 1. The zero-order valence-electron chi connectivity index (χ0n) is 18.4. The minimum Gasteiger partial charge on any atom is -0.438 e. The summed E-state index contributed by atoms with van der Waals surface area (Å²) in [5.41, 5.74) is 5.06. The molecule has 3 aromatic rings. The Morgan fingerprint density at radius 3 is 2.39 bits per heavy atom. The first-order valence-electron chi connectivity index (χ1n) is 10.1. The fourth-order valence-electron chi connectivity index (χ4n) is 2.85. The van der Waals surface area contributed by atoms with Gasteiger partial charge in [-0.25, -0.2) is 17.8 Å². The van der Waals surface area contributed by atoms with Crippen LogP contribution in [0.1, 0.15) is 17.4 Å². The zero-order chi connectivity index (χ0) is 26.7. The van der Waals surface area contributed by atoms with Gasteiger partial charge in [0.15, 0.2) is 5.69 Å². The molecule has 0 aliphatic rings. The molecular formula is C22H19F4N3O6S. The highest BCUT2D eigenvalue weighted by Gasteiger charge is 2.32. The molecule has 14 heteroatoms. The molecule has 3 rings (SSSR count). The lowest BCUT2D eigenvalue weighted by Gasteiger charge is -2.15. The third-order valence-electron chi connectivity index (χ3n) is 4.43. The number of anilines is 1. The SMILES string of the molecule is C[C@H](O)CNC(=O)c1nc(Oc2cccc(F)c2)c(S(=O)(=O)c2ccc(OC(F)(F)F)cc2)cc1N. The highest BCUT2D eigenvalue weighted by molar-refractivity contribution is 7.91. The maximum Gasteiger partial charge on any atom is 0.573 e. The van der Waals surface area contributed by atoms with Crippen molar-refractivity contribution in [3.8, 4) is 17.4 Å². The van der Waals surface area contributed by atoms with Crippen LogP contribution in [0.25, 0.3) is 0 Å². The van der Waals surface area contributed by atoms with E-state index in [9.17, 15) is 35.9 Å². The van der Waals surface area contributed by atoms with Crippen molar-refractivity contribution in [2.24, 2.45) is 0 Å². The predicted molar refractivity (Wildman–Crippen MR) is 118 cm³/mol. The van der Waals surface area contributed by atoms with Crippen molar-refractivity contribution in [3.63, 3.8) is 0 Å². The number of pyridine rings is 1. The molecule has 1 aromatic heterocycles. The first-order chi connectivity index (χ1) is 16.8. The summed E-state index contributed by atoms with van der Waals surface area (Å²) < 4.78 is 86.8. The number of benzene rings is 2. The van der Waals surface area contributed by atoms with Gasteiger partial charge in [0.05, 0.1) is 16.7 Å². The number of nitrogens with one attached hydrogen (secondary N) is 1. The molecule has 0 aliphatic heterocycles. The topological polar surface area (TPSA) is 141 Å². The van der Waals surface area contributed by atoms with Crippen LogP contribution in [0.3, 0.4) is 0 Å². The van der Waals surface area contributed by atoms with Crippen LogP contribution in [0.15, 0.2) is 64.4 Å². The van der Waals surface area contributed by atoms with Gasteiger partial charge in [0.2, 0.25) is 15.7 Å². The summed E-state index contributed by atoms with van der Waals surface area (Å²) in [7, 11) is -4.52. The fraction of sp³-hybridized carbons (Fsp3) is 0.182. The number of carbonyl (C=O) groups is 1. The van der Waals surface area contributed by atoms with Crippen molar-refractivity contribution in [2.45, 2.75) is 29.2 Å². The van der Waals surface area contributed by atoms with Crippen molar-refractivity contribution >= 4 is 21.4 Å². The van der Waals surface area contributed by atoms with E-state index < -0.39 is 61.1 Å². The average molecular weight is 529 g/mol. The summed E-state index contributed by atoms with van der Waals surface area (Å²) >= 11 is 0. The van der Waals surface area contributed by atoms with Crippen LogP contribution in [0, 0.1) is 5.82 Å². The lowest BCUT2D eigenvalue weighted by atomic mass is 10.2. The second-order valence-electron chi connectivity index (χ2n) is 7.37. The van der Waals surface area contributed by atoms with Gasteiger partial charge < -0.3 is 25.6 Å². The van der Waals surface area contributed by atoms with Gasteiger partial charge in [0, 0.05) is 12.6 Å². The third-order valence-corrected chi connectivity index (χ3v) is 6.19. The van der Waals surface area contributed by atoms with Gasteiger partial charge in [0.25, 0.3) is 5.91 Å². The monoisotopic (exact) mass is 529 g/mol. The molecule has 0 spiro atoms. The summed E-state index contributed by atoms with van der Waals surface area (Å²) in [4.78, 5) is 15.3. The predicted octanol–water partition coefficient (Wildman–Crippen LogP) is 3.44. The second kappa shape index (κ2) is 10.4. The molecule has 2 aromatic carbocycles. The lowest BCUT2D eigenvalue weighted by molar-refractivity contribution is -0.274. The number of aromatic nitrogens is 1. The van der Waals surface area contributed by atoms with Crippen molar-refractivity contribution in [3.05, 3.63) is 66.1 Å². The average Bonchev–Trinajstić information content (AvgIpc) is 2.77. The number of alkyl halides is 3. The van der Waals surface area contributed by atoms with Crippen LogP contribution in [0.4, 0.5) is 23.2 Å². The number of rotatable bonds is 8. The molecule has 1 atom stereocenters. The van der Waals surface area contributed by atoms with E-state index in [1.165, 1.54) is 19.1 Å². The van der Waals surface area contributed by atoms with Crippen molar-refractivity contribution in [2.75, 3.05) is 12.3 Å². The molecule has 1 amide bonds. The Morgan fingerprint density at radius 2 is 1.81 bits per heavy atom.